The quantitative estimate of drug-likeness (QED) is 0.795. The predicted octanol–water partition coefficient (Wildman–Crippen LogP) is 3.19. The van der Waals surface area contributed by atoms with E-state index >= 15 is 0 Å². The molecule has 0 aromatic heterocycles. The third-order valence-corrected chi connectivity index (χ3v) is 2.20. The fourth-order valence-corrected chi connectivity index (χ4v) is 1.31. The Morgan fingerprint density at radius 3 is 2.75 bits per heavy atom. The Kier molecular flexibility index (Phi) is 4.50. The molecule has 0 aliphatic carbocycles. The molecule has 1 atom stereocenters. The summed E-state index contributed by atoms with van der Waals surface area (Å²) in [4.78, 5) is 0. The summed E-state index contributed by atoms with van der Waals surface area (Å²) in [6.45, 7) is 6.26. The predicted molar refractivity (Wildman–Crippen MR) is 63.9 cm³/mol. The minimum atomic E-state index is -0.309. The van der Waals surface area contributed by atoms with Crippen LogP contribution >= 0.6 is 0 Å². The molecular formula is C13H18FNO. The number of nitrogens with two attached hydrogens (primary N) is 1. The first-order valence-corrected chi connectivity index (χ1v) is 5.32. The van der Waals surface area contributed by atoms with Gasteiger partial charge in [-0.3, -0.25) is 0 Å². The van der Waals surface area contributed by atoms with Gasteiger partial charge in [-0.1, -0.05) is 11.6 Å². The van der Waals surface area contributed by atoms with Gasteiger partial charge >= 0.3 is 0 Å². The maximum absolute atomic E-state index is 13.1. The number of ether oxygens (including phenoxy) is 1. The van der Waals surface area contributed by atoms with Crippen molar-refractivity contribution in [3.63, 3.8) is 0 Å². The van der Waals surface area contributed by atoms with E-state index in [1.807, 2.05) is 26.8 Å². The third-order valence-electron chi connectivity index (χ3n) is 2.20. The van der Waals surface area contributed by atoms with Gasteiger partial charge in [0.25, 0.3) is 0 Å². The van der Waals surface area contributed by atoms with Crippen molar-refractivity contribution in [2.45, 2.75) is 26.8 Å². The van der Waals surface area contributed by atoms with Crippen LogP contribution in [-0.4, -0.2) is 6.61 Å². The van der Waals surface area contributed by atoms with Crippen LogP contribution in [0.25, 0.3) is 0 Å². The molecule has 1 rings (SSSR count). The number of benzene rings is 1. The molecule has 16 heavy (non-hydrogen) atoms. The van der Waals surface area contributed by atoms with Gasteiger partial charge in [-0.25, -0.2) is 4.39 Å². The van der Waals surface area contributed by atoms with Crippen LogP contribution in [0, 0.1) is 5.82 Å². The van der Waals surface area contributed by atoms with Gasteiger partial charge in [-0.05, 0) is 32.9 Å². The number of allylic oxidation sites excluding steroid dienone is 1. The van der Waals surface area contributed by atoms with Crippen molar-refractivity contribution >= 4 is 0 Å². The number of hydrogen-bond donors (Lipinski definition) is 1. The molecule has 1 aromatic rings. The zero-order valence-electron chi connectivity index (χ0n) is 9.96. The van der Waals surface area contributed by atoms with Crippen LogP contribution in [0.1, 0.15) is 32.4 Å². The first-order chi connectivity index (χ1) is 7.50. The second-order valence-corrected chi connectivity index (χ2v) is 4.06. The summed E-state index contributed by atoms with van der Waals surface area (Å²) in [7, 11) is 0. The van der Waals surface area contributed by atoms with E-state index in [-0.39, 0.29) is 11.9 Å². The van der Waals surface area contributed by atoms with Crippen molar-refractivity contribution in [3.05, 3.63) is 41.2 Å². The van der Waals surface area contributed by atoms with Crippen LogP contribution in [-0.2, 0) is 0 Å². The Bertz CT molecular complexity index is 382. The van der Waals surface area contributed by atoms with Crippen LogP contribution in [0.15, 0.2) is 29.8 Å². The van der Waals surface area contributed by atoms with Crippen LogP contribution in [0.2, 0.25) is 0 Å². The average molecular weight is 223 g/mol. The lowest BCUT2D eigenvalue weighted by molar-refractivity contribution is 0.353. The molecule has 0 bridgehead atoms. The first-order valence-electron chi connectivity index (χ1n) is 5.32. The summed E-state index contributed by atoms with van der Waals surface area (Å²) >= 11 is 0. The number of halogens is 1. The van der Waals surface area contributed by atoms with E-state index in [0.717, 1.165) is 5.56 Å². The molecule has 0 fully saturated rings. The van der Waals surface area contributed by atoms with Gasteiger partial charge in [0.1, 0.15) is 18.2 Å². The Morgan fingerprint density at radius 1 is 1.50 bits per heavy atom. The molecule has 1 aromatic carbocycles. The topological polar surface area (TPSA) is 35.2 Å². The average Bonchev–Trinajstić information content (AvgIpc) is 2.16. The van der Waals surface area contributed by atoms with E-state index in [9.17, 15) is 4.39 Å². The minimum absolute atomic E-state index is 0.165. The van der Waals surface area contributed by atoms with Gasteiger partial charge in [-0.2, -0.15) is 0 Å². The molecule has 0 aliphatic rings. The molecule has 2 nitrogen and oxygen atoms in total. The standard InChI is InChI=1S/C13H18FNO/c1-9(2)6-7-16-13-8-11(14)4-5-12(13)10(3)15/h4-6,8,10H,7,15H2,1-3H3. The molecule has 0 saturated carbocycles. The van der Waals surface area contributed by atoms with Crippen molar-refractivity contribution in [2.24, 2.45) is 5.73 Å². The van der Waals surface area contributed by atoms with Gasteiger partial charge in [0.05, 0.1) is 0 Å². The van der Waals surface area contributed by atoms with Gasteiger partial charge in [-0.15, -0.1) is 0 Å². The highest BCUT2D eigenvalue weighted by molar-refractivity contribution is 5.36. The highest BCUT2D eigenvalue weighted by Gasteiger charge is 2.08. The first kappa shape index (κ1) is 12.7. The molecule has 1 unspecified atom stereocenters. The van der Waals surface area contributed by atoms with Gasteiger partial charge in [0.2, 0.25) is 0 Å². The van der Waals surface area contributed by atoms with E-state index < -0.39 is 0 Å². The molecule has 0 aliphatic heterocycles. The molecular weight excluding hydrogens is 205 g/mol. The van der Waals surface area contributed by atoms with Crippen LogP contribution in [0.4, 0.5) is 4.39 Å². The van der Waals surface area contributed by atoms with E-state index in [1.54, 1.807) is 6.07 Å². The van der Waals surface area contributed by atoms with E-state index in [2.05, 4.69) is 0 Å². The summed E-state index contributed by atoms with van der Waals surface area (Å²) in [5.74, 6) is 0.212. The lowest BCUT2D eigenvalue weighted by Gasteiger charge is -2.13. The lowest BCUT2D eigenvalue weighted by Crippen LogP contribution is -2.08. The van der Waals surface area contributed by atoms with Gasteiger partial charge in [0, 0.05) is 17.7 Å². The largest absolute Gasteiger partial charge is 0.489 e. The minimum Gasteiger partial charge on any atom is -0.489 e. The highest BCUT2D eigenvalue weighted by atomic mass is 19.1. The molecule has 2 N–H and O–H groups in total. The summed E-state index contributed by atoms with van der Waals surface area (Å²) in [6.07, 6.45) is 1.94. The zero-order chi connectivity index (χ0) is 12.1. The van der Waals surface area contributed by atoms with Crippen LogP contribution < -0.4 is 10.5 Å². The van der Waals surface area contributed by atoms with Crippen LogP contribution in [0.5, 0.6) is 5.75 Å². The van der Waals surface area contributed by atoms with Crippen molar-refractivity contribution in [1.29, 1.82) is 0 Å². The van der Waals surface area contributed by atoms with Crippen molar-refractivity contribution < 1.29 is 9.13 Å². The lowest BCUT2D eigenvalue weighted by atomic mass is 10.1. The van der Waals surface area contributed by atoms with Crippen molar-refractivity contribution in [3.8, 4) is 5.75 Å². The van der Waals surface area contributed by atoms with Crippen molar-refractivity contribution in [1.82, 2.24) is 0 Å². The highest BCUT2D eigenvalue weighted by Crippen LogP contribution is 2.24. The molecule has 88 valence electrons. The molecule has 0 spiro atoms. The number of rotatable bonds is 4. The Morgan fingerprint density at radius 2 is 2.19 bits per heavy atom. The van der Waals surface area contributed by atoms with E-state index in [0.29, 0.717) is 12.4 Å². The summed E-state index contributed by atoms with van der Waals surface area (Å²) < 4.78 is 18.6. The molecule has 0 saturated heterocycles. The molecule has 3 heteroatoms. The van der Waals surface area contributed by atoms with E-state index in [4.69, 9.17) is 10.5 Å². The maximum Gasteiger partial charge on any atom is 0.127 e. The summed E-state index contributed by atoms with van der Waals surface area (Å²) in [5, 5.41) is 0. The zero-order valence-corrected chi connectivity index (χ0v) is 9.96. The monoisotopic (exact) mass is 223 g/mol. The second kappa shape index (κ2) is 5.66. The van der Waals surface area contributed by atoms with Gasteiger partial charge < -0.3 is 10.5 Å². The fourth-order valence-electron chi connectivity index (χ4n) is 1.31. The van der Waals surface area contributed by atoms with Crippen LogP contribution in [0.3, 0.4) is 0 Å². The summed E-state index contributed by atoms with van der Waals surface area (Å²) in [5.41, 5.74) is 7.77. The number of hydrogen-bond acceptors (Lipinski definition) is 2. The Hall–Kier alpha value is -1.35. The smallest absolute Gasteiger partial charge is 0.127 e. The van der Waals surface area contributed by atoms with Gasteiger partial charge in [0.15, 0.2) is 0 Å². The third kappa shape index (κ3) is 3.66. The maximum atomic E-state index is 13.1. The molecule has 0 radical (unpaired) electrons. The normalized spacial score (nSPS) is 12.1. The van der Waals surface area contributed by atoms with Crippen molar-refractivity contribution in [2.75, 3.05) is 6.61 Å². The SMILES string of the molecule is CC(C)=CCOc1cc(F)ccc1C(C)N. The second-order valence-electron chi connectivity index (χ2n) is 4.06. The summed E-state index contributed by atoms with van der Waals surface area (Å²) in [6, 6.07) is 4.27. The Balaban J connectivity index is 2.84. The Labute approximate surface area is 95.9 Å². The molecule has 0 amide bonds. The van der Waals surface area contributed by atoms with E-state index in [1.165, 1.54) is 17.7 Å². The molecule has 0 heterocycles. The fraction of sp³-hybridized carbons (Fsp3) is 0.385.